The maximum atomic E-state index is 2.37. The van der Waals surface area contributed by atoms with Crippen molar-refractivity contribution in [2.24, 2.45) is 5.92 Å². The van der Waals surface area contributed by atoms with Gasteiger partial charge >= 0.3 is 0 Å². The van der Waals surface area contributed by atoms with E-state index < -0.39 is 0 Å². The van der Waals surface area contributed by atoms with E-state index in [9.17, 15) is 0 Å². The molecule has 0 saturated carbocycles. The Morgan fingerprint density at radius 2 is 1.80 bits per heavy atom. The van der Waals surface area contributed by atoms with Gasteiger partial charge in [-0.05, 0) is 31.6 Å². The molecule has 1 unspecified atom stereocenters. The van der Waals surface area contributed by atoms with E-state index in [0.717, 1.165) is 5.92 Å². The molecule has 0 radical (unpaired) electrons. The summed E-state index contributed by atoms with van der Waals surface area (Å²) in [4.78, 5) is 0. The van der Waals surface area contributed by atoms with Gasteiger partial charge in [-0.15, -0.1) is 0 Å². The largest absolute Gasteiger partial charge is 0.0885 e. The standard InChI is InChI=1S/C10H18/c1-10-8-6-4-2-3-5-7-9-10/h2,4,10H,3,5-9H2,1H3. The Hall–Kier alpha value is -0.260. The van der Waals surface area contributed by atoms with Crippen LogP contribution in [0.5, 0.6) is 0 Å². The summed E-state index contributed by atoms with van der Waals surface area (Å²) in [7, 11) is 0. The maximum Gasteiger partial charge on any atom is -0.0348 e. The third kappa shape index (κ3) is 3.05. The molecule has 0 nitrogen and oxygen atoms in total. The van der Waals surface area contributed by atoms with Gasteiger partial charge in [-0.1, -0.05) is 31.9 Å². The zero-order valence-corrected chi connectivity index (χ0v) is 6.97. The minimum Gasteiger partial charge on any atom is -0.0885 e. The molecule has 0 saturated heterocycles. The van der Waals surface area contributed by atoms with Crippen LogP contribution in [-0.2, 0) is 0 Å². The first-order chi connectivity index (χ1) is 4.89. The van der Waals surface area contributed by atoms with Gasteiger partial charge in [0.15, 0.2) is 0 Å². The van der Waals surface area contributed by atoms with Crippen LogP contribution in [-0.4, -0.2) is 0 Å². The second-order valence-corrected chi connectivity index (χ2v) is 3.44. The predicted molar refractivity (Wildman–Crippen MR) is 46.0 cm³/mol. The number of hydrogen-bond donors (Lipinski definition) is 0. The molecule has 0 aromatic carbocycles. The smallest absolute Gasteiger partial charge is 0.0348 e. The summed E-state index contributed by atoms with van der Waals surface area (Å²) < 4.78 is 0. The van der Waals surface area contributed by atoms with Crippen LogP contribution in [0, 0.1) is 5.92 Å². The fraction of sp³-hybridized carbons (Fsp3) is 0.800. The third-order valence-electron chi connectivity index (χ3n) is 2.31. The number of allylic oxidation sites excluding steroid dienone is 2. The highest BCUT2D eigenvalue weighted by atomic mass is 14.1. The highest BCUT2D eigenvalue weighted by molar-refractivity contribution is 4.83. The summed E-state index contributed by atoms with van der Waals surface area (Å²) in [5.74, 6) is 0.961. The van der Waals surface area contributed by atoms with Crippen LogP contribution in [0.1, 0.15) is 45.4 Å². The SMILES string of the molecule is CC1CCC=CCCCC1. The first-order valence-electron chi connectivity index (χ1n) is 4.54. The van der Waals surface area contributed by atoms with Crippen LogP contribution in [0.25, 0.3) is 0 Å². The van der Waals surface area contributed by atoms with Gasteiger partial charge in [-0.3, -0.25) is 0 Å². The van der Waals surface area contributed by atoms with E-state index in [1.807, 2.05) is 0 Å². The molecule has 10 heavy (non-hydrogen) atoms. The number of rotatable bonds is 0. The maximum absolute atomic E-state index is 2.37. The fourth-order valence-electron chi connectivity index (χ4n) is 1.52. The Balaban J connectivity index is 2.25. The highest BCUT2D eigenvalue weighted by Gasteiger charge is 2.01. The third-order valence-corrected chi connectivity index (χ3v) is 2.31. The van der Waals surface area contributed by atoms with E-state index in [-0.39, 0.29) is 0 Å². The Kier molecular flexibility index (Phi) is 3.56. The van der Waals surface area contributed by atoms with E-state index >= 15 is 0 Å². The zero-order valence-electron chi connectivity index (χ0n) is 6.97. The second kappa shape index (κ2) is 4.54. The molecule has 0 heterocycles. The van der Waals surface area contributed by atoms with Gasteiger partial charge in [0.2, 0.25) is 0 Å². The minimum atomic E-state index is 0.961. The number of hydrogen-bond acceptors (Lipinski definition) is 0. The summed E-state index contributed by atoms with van der Waals surface area (Å²) in [5, 5.41) is 0. The molecule has 1 atom stereocenters. The molecule has 1 rings (SSSR count). The molecule has 0 spiro atoms. The van der Waals surface area contributed by atoms with Gasteiger partial charge < -0.3 is 0 Å². The normalized spacial score (nSPS) is 28.7. The molecule has 58 valence electrons. The molecule has 0 amide bonds. The first-order valence-corrected chi connectivity index (χ1v) is 4.54. The summed E-state index contributed by atoms with van der Waals surface area (Å²) in [6.45, 7) is 2.37. The fourth-order valence-corrected chi connectivity index (χ4v) is 1.52. The molecular formula is C10H18. The molecule has 1 aliphatic rings. The molecule has 0 N–H and O–H groups in total. The van der Waals surface area contributed by atoms with Gasteiger partial charge in [0, 0.05) is 0 Å². The Morgan fingerprint density at radius 1 is 1.00 bits per heavy atom. The summed E-state index contributed by atoms with van der Waals surface area (Å²) in [5.41, 5.74) is 0. The van der Waals surface area contributed by atoms with E-state index in [0.29, 0.717) is 0 Å². The molecule has 0 aromatic rings. The van der Waals surface area contributed by atoms with Crippen molar-refractivity contribution in [1.29, 1.82) is 0 Å². The van der Waals surface area contributed by atoms with Crippen molar-refractivity contribution in [2.75, 3.05) is 0 Å². The topological polar surface area (TPSA) is 0 Å². The molecule has 0 bridgehead atoms. The Labute approximate surface area is 64.3 Å². The lowest BCUT2D eigenvalue weighted by atomic mass is 10.00. The molecule has 0 heteroatoms. The van der Waals surface area contributed by atoms with E-state index in [1.165, 1.54) is 38.5 Å². The Bertz CT molecular complexity index is 103. The van der Waals surface area contributed by atoms with Crippen LogP contribution >= 0.6 is 0 Å². The minimum absolute atomic E-state index is 0.961. The van der Waals surface area contributed by atoms with Gasteiger partial charge in [0.1, 0.15) is 0 Å². The lowest BCUT2D eigenvalue weighted by Gasteiger charge is -2.06. The van der Waals surface area contributed by atoms with Crippen molar-refractivity contribution in [2.45, 2.75) is 45.4 Å². The molecule has 0 fully saturated rings. The van der Waals surface area contributed by atoms with Gasteiger partial charge in [-0.2, -0.15) is 0 Å². The van der Waals surface area contributed by atoms with Crippen LogP contribution in [0.15, 0.2) is 12.2 Å². The van der Waals surface area contributed by atoms with Crippen molar-refractivity contribution < 1.29 is 0 Å². The molecule has 1 aliphatic carbocycles. The zero-order chi connectivity index (χ0) is 7.23. The van der Waals surface area contributed by atoms with Gasteiger partial charge in [-0.25, -0.2) is 0 Å². The predicted octanol–water partition coefficient (Wildman–Crippen LogP) is 3.53. The second-order valence-electron chi connectivity index (χ2n) is 3.44. The van der Waals surface area contributed by atoms with Crippen molar-refractivity contribution in [3.8, 4) is 0 Å². The van der Waals surface area contributed by atoms with Crippen molar-refractivity contribution in [3.05, 3.63) is 12.2 Å². The van der Waals surface area contributed by atoms with E-state index in [2.05, 4.69) is 19.1 Å². The Morgan fingerprint density at radius 3 is 2.70 bits per heavy atom. The van der Waals surface area contributed by atoms with Crippen molar-refractivity contribution >= 4 is 0 Å². The van der Waals surface area contributed by atoms with Crippen LogP contribution in [0.2, 0.25) is 0 Å². The molecule has 0 aliphatic heterocycles. The van der Waals surface area contributed by atoms with Crippen LogP contribution in [0.4, 0.5) is 0 Å². The monoisotopic (exact) mass is 138 g/mol. The average Bonchev–Trinajstić information content (AvgIpc) is 2.02. The molecule has 0 aromatic heterocycles. The van der Waals surface area contributed by atoms with Gasteiger partial charge in [0.05, 0.1) is 0 Å². The van der Waals surface area contributed by atoms with E-state index in [1.54, 1.807) is 0 Å². The average molecular weight is 138 g/mol. The van der Waals surface area contributed by atoms with Gasteiger partial charge in [0.25, 0.3) is 0 Å². The van der Waals surface area contributed by atoms with Crippen LogP contribution < -0.4 is 0 Å². The highest BCUT2D eigenvalue weighted by Crippen LogP contribution is 2.17. The van der Waals surface area contributed by atoms with Crippen LogP contribution in [0.3, 0.4) is 0 Å². The van der Waals surface area contributed by atoms with Crippen molar-refractivity contribution in [1.82, 2.24) is 0 Å². The quantitative estimate of drug-likeness (QED) is 0.449. The molecular weight excluding hydrogens is 120 g/mol. The van der Waals surface area contributed by atoms with Crippen molar-refractivity contribution in [3.63, 3.8) is 0 Å². The lowest BCUT2D eigenvalue weighted by Crippen LogP contribution is -1.92. The summed E-state index contributed by atoms with van der Waals surface area (Å²) in [6, 6.07) is 0. The summed E-state index contributed by atoms with van der Waals surface area (Å²) in [6.07, 6.45) is 13.0. The first kappa shape index (κ1) is 7.84. The lowest BCUT2D eigenvalue weighted by molar-refractivity contribution is 0.476. The summed E-state index contributed by atoms with van der Waals surface area (Å²) >= 11 is 0. The van der Waals surface area contributed by atoms with E-state index in [4.69, 9.17) is 0 Å².